The summed E-state index contributed by atoms with van der Waals surface area (Å²) in [4.78, 5) is 28.5. The molecule has 0 radical (unpaired) electrons. The van der Waals surface area contributed by atoms with Crippen LogP contribution in [0.4, 0.5) is 4.39 Å². The topological polar surface area (TPSA) is 76.1 Å². The van der Waals surface area contributed by atoms with Crippen molar-refractivity contribution in [3.05, 3.63) is 98.8 Å². The molecular formula is C23H18FN3O3S. The maximum atomic E-state index is 13.2. The molecule has 0 aliphatic carbocycles. The summed E-state index contributed by atoms with van der Waals surface area (Å²) in [5.41, 5.74) is 1.87. The van der Waals surface area contributed by atoms with Crippen molar-refractivity contribution < 1.29 is 13.9 Å². The summed E-state index contributed by atoms with van der Waals surface area (Å²) in [7, 11) is 1.59. The van der Waals surface area contributed by atoms with Crippen molar-refractivity contribution in [2.24, 2.45) is 0 Å². The Hall–Kier alpha value is -3.78. The SMILES string of the molecule is COc1ccc(CNC(=O)c2ccc3c(=O)n(-c4ccc(F)cc4)c(=S)[nH]c3c2)cc1. The van der Waals surface area contributed by atoms with Crippen LogP contribution in [0.1, 0.15) is 15.9 Å². The van der Waals surface area contributed by atoms with E-state index in [9.17, 15) is 14.0 Å². The van der Waals surface area contributed by atoms with Gasteiger partial charge < -0.3 is 15.0 Å². The van der Waals surface area contributed by atoms with Crippen molar-refractivity contribution in [3.8, 4) is 11.4 Å². The number of aromatic nitrogens is 2. The minimum absolute atomic E-state index is 0.153. The van der Waals surface area contributed by atoms with Gasteiger partial charge in [-0.3, -0.25) is 14.2 Å². The molecule has 2 N–H and O–H groups in total. The van der Waals surface area contributed by atoms with Gasteiger partial charge in [-0.1, -0.05) is 12.1 Å². The van der Waals surface area contributed by atoms with E-state index in [0.29, 0.717) is 28.7 Å². The Morgan fingerprint density at radius 3 is 2.48 bits per heavy atom. The second-order valence-electron chi connectivity index (χ2n) is 6.84. The molecule has 1 amide bonds. The van der Waals surface area contributed by atoms with Crippen LogP contribution in [0, 0.1) is 10.6 Å². The molecule has 156 valence electrons. The summed E-state index contributed by atoms with van der Waals surface area (Å²) in [5, 5.41) is 3.22. The molecule has 1 aromatic heterocycles. The maximum Gasteiger partial charge on any atom is 0.266 e. The second-order valence-corrected chi connectivity index (χ2v) is 7.22. The molecule has 0 fully saturated rings. The summed E-state index contributed by atoms with van der Waals surface area (Å²) in [6.45, 7) is 0.350. The van der Waals surface area contributed by atoms with Gasteiger partial charge >= 0.3 is 0 Å². The number of halogens is 1. The van der Waals surface area contributed by atoms with Gasteiger partial charge in [0.2, 0.25) is 0 Å². The first kappa shape index (κ1) is 20.5. The largest absolute Gasteiger partial charge is 0.497 e. The van der Waals surface area contributed by atoms with Gasteiger partial charge in [-0.25, -0.2) is 4.39 Å². The summed E-state index contributed by atoms with van der Waals surface area (Å²) >= 11 is 5.33. The fourth-order valence-electron chi connectivity index (χ4n) is 3.21. The van der Waals surface area contributed by atoms with Gasteiger partial charge in [0.15, 0.2) is 4.77 Å². The average Bonchev–Trinajstić information content (AvgIpc) is 2.78. The molecule has 0 bridgehead atoms. The first-order valence-corrected chi connectivity index (χ1v) is 9.83. The van der Waals surface area contributed by atoms with Gasteiger partial charge in [0.25, 0.3) is 11.5 Å². The number of ether oxygens (including phenoxy) is 1. The number of nitrogens with one attached hydrogen (secondary N) is 2. The molecule has 31 heavy (non-hydrogen) atoms. The second kappa shape index (κ2) is 8.53. The zero-order valence-corrected chi connectivity index (χ0v) is 17.3. The Morgan fingerprint density at radius 2 is 1.81 bits per heavy atom. The van der Waals surface area contributed by atoms with Crippen molar-refractivity contribution in [1.29, 1.82) is 0 Å². The number of methoxy groups -OCH3 is 1. The molecule has 0 aliphatic heterocycles. The predicted octanol–water partition coefficient (Wildman–Crippen LogP) is 4.13. The molecule has 8 heteroatoms. The Labute approximate surface area is 181 Å². The van der Waals surface area contributed by atoms with E-state index in [1.54, 1.807) is 25.3 Å². The van der Waals surface area contributed by atoms with Crippen LogP contribution >= 0.6 is 12.2 Å². The van der Waals surface area contributed by atoms with Crippen LogP contribution in [-0.4, -0.2) is 22.6 Å². The summed E-state index contributed by atoms with van der Waals surface area (Å²) < 4.78 is 19.8. The first-order valence-electron chi connectivity index (χ1n) is 9.42. The van der Waals surface area contributed by atoms with Crippen LogP contribution in [0.25, 0.3) is 16.6 Å². The Balaban J connectivity index is 1.61. The van der Waals surface area contributed by atoms with E-state index < -0.39 is 5.82 Å². The van der Waals surface area contributed by atoms with E-state index in [1.807, 2.05) is 24.3 Å². The first-order chi connectivity index (χ1) is 15.0. The number of nitrogens with zero attached hydrogens (tertiary/aromatic N) is 1. The standard InChI is InChI=1S/C23H18FN3O3S/c1-30-18-9-2-14(3-10-18)13-25-21(28)15-4-11-19-20(12-15)26-23(31)27(22(19)29)17-7-5-16(24)6-8-17/h2-12H,13H2,1H3,(H,25,28)(H,26,31). The quantitative estimate of drug-likeness (QED) is 0.462. The number of H-pyrrole nitrogens is 1. The monoisotopic (exact) mass is 435 g/mol. The smallest absolute Gasteiger partial charge is 0.266 e. The van der Waals surface area contributed by atoms with Crippen LogP contribution in [0.3, 0.4) is 0 Å². The molecule has 0 aliphatic rings. The van der Waals surface area contributed by atoms with Crippen LogP contribution in [0.15, 0.2) is 71.5 Å². The minimum Gasteiger partial charge on any atom is -0.497 e. The van der Waals surface area contributed by atoms with Gasteiger partial charge in [-0.05, 0) is 72.4 Å². The lowest BCUT2D eigenvalue weighted by molar-refractivity contribution is 0.0951. The van der Waals surface area contributed by atoms with Gasteiger partial charge in [-0.2, -0.15) is 0 Å². The van der Waals surface area contributed by atoms with Crippen molar-refractivity contribution in [1.82, 2.24) is 14.9 Å². The van der Waals surface area contributed by atoms with E-state index in [1.165, 1.54) is 28.8 Å². The molecule has 0 atom stereocenters. The van der Waals surface area contributed by atoms with Crippen LogP contribution in [0.5, 0.6) is 5.75 Å². The molecule has 0 unspecified atom stereocenters. The normalized spacial score (nSPS) is 10.8. The molecule has 4 rings (SSSR count). The summed E-state index contributed by atoms with van der Waals surface area (Å²) in [6.07, 6.45) is 0. The van der Waals surface area contributed by atoms with E-state index in [4.69, 9.17) is 17.0 Å². The highest BCUT2D eigenvalue weighted by Crippen LogP contribution is 2.15. The fourth-order valence-corrected chi connectivity index (χ4v) is 3.51. The predicted molar refractivity (Wildman–Crippen MR) is 119 cm³/mol. The fraction of sp³-hybridized carbons (Fsp3) is 0.0870. The summed E-state index contributed by atoms with van der Waals surface area (Å²) in [5.74, 6) is 0.0590. The van der Waals surface area contributed by atoms with Crippen molar-refractivity contribution >= 4 is 29.0 Å². The number of rotatable bonds is 5. The maximum absolute atomic E-state index is 13.2. The minimum atomic E-state index is -0.405. The molecule has 0 saturated carbocycles. The third kappa shape index (κ3) is 4.24. The number of hydrogen-bond donors (Lipinski definition) is 2. The van der Waals surface area contributed by atoms with Crippen LogP contribution < -0.4 is 15.6 Å². The van der Waals surface area contributed by atoms with E-state index >= 15 is 0 Å². The molecule has 4 aromatic rings. The Bertz CT molecular complexity index is 1380. The molecule has 0 saturated heterocycles. The zero-order chi connectivity index (χ0) is 22.0. The van der Waals surface area contributed by atoms with E-state index in [2.05, 4.69) is 10.3 Å². The van der Waals surface area contributed by atoms with E-state index in [-0.39, 0.29) is 16.2 Å². The molecular weight excluding hydrogens is 417 g/mol. The van der Waals surface area contributed by atoms with Gasteiger partial charge in [0.1, 0.15) is 11.6 Å². The number of hydrogen-bond acceptors (Lipinski definition) is 4. The van der Waals surface area contributed by atoms with Crippen molar-refractivity contribution in [2.45, 2.75) is 6.54 Å². The van der Waals surface area contributed by atoms with Gasteiger partial charge in [0.05, 0.1) is 23.7 Å². The molecule has 1 heterocycles. The lowest BCUT2D eigenvalue weighted by atomic mass is 10.1. The summed E-state index contributed by atoms with van der Waals surface area (Å²) in [6, 6.07) is 17.6. The number of benzene rings is 3. The molecule has 3 aromatic carbocycles. The van der Waals surface area contributed by atoms with E-state index in [0.717, 1.165) is 11.3 Å². The highest BCUT2D eigenvalue weighted by atomic mass is 32.1. The van der Waals surface area contributed by atoms with Crippen molar-refractivity contribution in [3.63, 3.8) is 0 Å². The van der Waals surface area contributed by atoms with Crippen LogP contribution in [0.2, 0.25) is 0 Å². The zero-order valence-electron chi connectivity index (χ0n) is 16.5. The lowest BCUT2D eigenvalue weighted by Crippen LogP contribution is -2.24. The van der Waals surface area contributed by atoms with Crippen LogP contribution in [-0.2, 0) is 6.54 Å². The number of amides is 1. The number of fused-ring (bicyclic) bond motifs is 1. The highest BCUT2D eigenvalue weighted by molar-refractivity contribution is 7.71. The number of aromatic amines is 1. The average molecular weight is 435 g/mol. The number of carbonyl (C=O) groups excluding carboxylic acids is 1. The third-order valence-electron chi connectivity index (χ3n) is 4.86. The Kier molecular flexibility index (Phi) is 5.64. The number of carbonyl (C=O) groups is 1. The Morgan fingerprint density at radius 1 is 1.10 bits per heavy atom. The molecule has 6 nitrogen and oxygen atoms in total. The molecule has 0 spiro atoms. The third-order valence-corrected chi connectivity index (χ3v) is 5.14. The van der Waals surface area contributed by atoms with Crippen molar-refractivity contribution in [2.75, 3.05) is 7.11 Å². The van der Waals surface area contributed by atoms with Gasteiger partial charge in [-0.15, -0.1) is 0 Å². The van der Waals surface area contributed by atoms with Gasteiger partial charge in [0, 0.05) is 12.1 Å². The highest BCUT2D eigenvalue weighted by Gasteiger charge is 2.11. The lowest BCUT2D eigenvalue weighted by Gasteiger charge is -2.10.